The average Bonchev–Trinajstić information content (AvgIpc) is 2.70. The van der Waals surface area contributed by atoms with Gasteiger partial charge < -0.3 is 26.6 Å². The lowest BCUT2D eigenvalue weighted by molar-refractivity contribution is -0.910. The van der Waals surface area contributed by atoms with Gasteiger partial charge in [-0.15, -0.1) is 0 Å². The van der Waals surface area contributed by atoms with Crippen molar-refractivity contribution in [3.63, 3.8) is 0 Å². The summed E-state index contributed by atoms with van der Waals surface area (Å²) < 4.78 is 1.19. The molecule has 0 amide bonds. The molecule has 0 heterocycles. The van der Waals surface area contributed by atoms with Crippen molar-refractivity contribution in [2.24, 2.45) is 0 Å². The van der Waals surface area contributed by atoms with Gasteiger partial charge in [-0.3, -0.25) is 0 Å². The second-order valence-corrected chi connectivity index (χ2v) is 9.52. The van der Waals surface area contributed by atoms with Crippen LogP contribution in [0.15, 0.2) is 0 Å². The molecule has 0 aliphatic carbocycles. The van der Waals surface area contributed by atoms with Gasteiger partial charge in [0.1, 0.15) is 0 Å². The number of hydrogen-bond donors (Lipinski definition) is 1. The van der Waals surface area contributed by atoms with E-state index in [9.17, 15) is 5.11 Å². The van der Waals surface area contributed by atoms with Crippen LogP contribution in [-0.4, -0.2) is 42.9 Å². The van der Waals surface area contributed by atoms with Crippen LogP contribution < -0.4 is 17.0 Å². The van der Waals surface area contributed by atoms with E-state index in [1.807, 2.05) is 0 Å². The maximum Gasteiger partial charge on any atom is 0.0806 e. The van der Waals surface area contributed by atoms with Gasteiger partial charge in [0, 0.05) is 13.0 Å². The summed E-state index contributed by atoms with van der Waals surface area (Å²) in [6.07, 6.45) is 26.4. The fourth-order valence-electron chi connectivity index (χ4n) is 4.40. The summed E-state index contributed by atoms with van der Waals surface area (Å²) in [6.45, 7) is 8.72. The molecule has 0 spiro atoms. The molecule has 178 valence electrons. The summed E-state index contributed by atoms with van der Waals surface area (Å²) in [4.78, 5) is 0. The third-order valence-electron chi connectivity index (χ3n) is 6.46. The first kappa shape index (κ1) is 31.6. The van der Waals surface area contributed by atoms with E-state index in [1.54, 1.807) is 0 Å². The summed E-state index contributed by atoms with van der Waals surface area (Å²) in [5.41, 5.74) is 0. The van der Waals surface area contributed by atoms with E-state index in [4.69, 9.17) is 0 Å². The van der Waals surface area contributed by atoms with Crippen LogP contribution >= 0.6 is 0 Å². The van der Waals surface area contributed by atoms with E-state index < -0.39 is 0 Å². The molecule has 0 unspecified atom stereocenters. The Morgan fingerprint density at radius 3 is 1.03 bits per heavy atom. The molecule has 0 fully saturated rings. The quantitative estimate of drug-likeness (QED) is 0.164. The Kier molecular flexibility index (Phi) is 26.9. The van der Waals surface area contributed by atoms with Crippen molar-refractivity contribution in [1.29, 1.82) is 0 Å². The number of hydrogen-bond acceptors (Lipinski definition) is 1. The van der Waals surface area contributed by atoms with Crippen LogP contribution in [0, 0.1) is 0 Å². The maximum absolute atomic E-state index is 9.28. The lowest BCUT2D eigenvalue weighted by atomic mass is 10.1. The molecule has 29 heavy (non-hydrogen) atoms. The highest BCUT2D eigenvalue weighted by Gasteiger charge is 2.19. The maximum atomic E-state index is 9.28. The molecular formula is C26H56BrNO. The molecule has 0 atom stereocenters. The molecule has 2 nitrogen and oxygen atoms in total. The van der Waals surface area contributed by atoms with Crippen LogP contribution in [0.25, 0.3) is 0 Å². The van der Waals surface area contributed by atoms with Gasteiger partial charge in [-0.1, -0.05) is 104 Å². The van der Waals surface area contributed by atoms with E-state index in [0.717, 1.165) is 13.0 Å². The summed E-state index contributed by atoms with van der Waals surface area (Å²) >= 11 is 0. The fraction of sp³-hybridized carbons (Fsp3) is 1.00. The highest BCUT2D eigenvalue weighted by molar-refractivity contribution is 4.51. The largest absolute Gasteiger partial charge is 1.00 e. The molecule has 0 aromatic rings. The first-order valence-electron chi connectivity index (χ1n) is 13.1. The van der Waals surface area contributed by atoms with Crippen LogP contribution in [0.2, 0.25) is 0 Å². The third-order valence-corrected chi connectivity index (χ3v) is 6.46. The van der Waals surface area contributed by atoms with Crippen molar-refractivity contribution in [3.05, 3.63) is 0 Å². The minimum atomic E-state index is 0. The summed E-state index contributed by atoms with van der Waals surface area (Å²) in [5.74, 6) is 0. The molecule has 0 radical (unpaired) electrons. The summed E-state index contributed by atoms with van der Waals surface area (Å²) in [6, 6.07) is 0. The smallest absolute Gasteiger partial charge is 0.0806 e. The van der Waals surface area contributed by atoms with Crippen LogP contribution in [0.4, 0.5) is 0 Å². The molecule has 1 N–H and O–H groups in total. The Morgan fingerprint density at radius 2 is 0.724 bits per heavy atom. The number of quaternary nitrogens is 1. The minimum Gasteiger partial charge on any atom is -1.00 e. The molecule has 0 rings (SSSR count). The lowest BCUT2D eigenvalue weighted by Gasteiger charge is -2.35. The van der Waals surface area contributed by atoms with Crippen LogP contribution in [0.5, 0.6) is 0 Å². The highest BCUT2D eigenvalue weighted by atomic mass is 79.9. The van der Waals surface area contributed by atoms with Gasteiger partial charge in [-0.05, 0) is 25.7 Å². The second kappa shape index (κ2) is 24.7. The molecule has 0 saturated heterocycles. The number of unbranched alkanes of at least 4 members (excludes halogenated alkanes) is 16. The van der Waals surface area contributed by atoms with Crippen LogP contribution in [0.1, 0.15) is 136 Å². The van der Waals surface area contributed by atoms with Gasteiger partial charge in [0.15, 0.2) is 0 Å². The Labute approximate surface area is 195 Å². The van der Waals surface area contributed by atoms with Crippen molar-refractivity contribution in [3.8, 4) is 0 Å². The monoisotopic (exact) mass is 477 g/mol. The topological polar surface area (TPSA) is 20.2 Å². The lowest BCUT2D eigenvalue weighted by Crippen LogP contribution is -3.00. The molecular weight excluding hydrogens is 422 g/mol. The zero-order valence-corrected chi connectivity index (χ0v) is 22.1. The molecule has 3 heteroatoms. The van der Waals surface area contributed by atoms with Gasteiger partial charge in [0.2, 0.25) is 0 Å². The zero-order chi connectivity index (χ0) is 20.8. The predicted molar refractivity (Wildman–Crippen MR) is 127 cm³/mol. The number of nitrogens with zero attached hydrogens (tertiary/aromatic N) is 1. The van der Waals surface area contributed by atoms with Crippen molar-refractivity contribution >= 4 is 0 Å². The molecule has 0 saturated carbocycles. The number of aliphatic hydroxyl groups is 1. The van der Waals surface area contributed by atoms with E-state index >= 15 is 0 Å². The predicted octanol–water partition coefficient (Wildman–Crippen LogP) is 4.88. The summed E-state index contributed by atoms with van der Waals surface area (Å²) in [5, 5.41) is 9.28. The first-order chi connectivity index (χ1) is 13.7. The van der Waals surface area contributed by atoms with Crippen molar-refractivity contribution in [2.75, 3.05) is 33.3 Å². The van der Waals surface area contributed by atoms with E-state index in [2.05, 4.69) is 20.9 Å². The minimum absolute atomic E-state index is 0. The molecule has 0 aromatic heterocycles. The Balaban J connectivity index is 0. The Bertz CT molecular complexity index is 276. The second-order valence-electron chi connectivity index (χ2n) is 9.52. The van der Waals surface area contributed by atoms with Gasteiger partial charge in [-0.25, -0.2) is 0 Å². The molecule has 0 bridgehead atoms. The number of halogens is 1. The molecule has 0 aliphatic heterocycles. The Hall–Kier alpha value is 0.400. The zero-order valence-electron chi connectivity index (χ0n) is 20.5. The molecule has 0 aromatic carbocycles. The van der Waals surface area contributed by atoms with Gasteiger partial charge in [0.05, 0.1) is 26.7 Å². The normalized spacial score (nSPS) is 11.6. The highest BCUT2D eigenvalue weighted by Crippen LogP contribution is 2.15. The molecule has 0 aliphatic rings. The van der Waals surface area contributed by atoms with Crippen molar-refractivity contribution in [2.45, 2.75) is 136 Å². The van der Waals surface area contributed by atoms with Gasteiger partial charge in [-0.2, -0.15) is 0 Å². The van der Waals surface area contributed by atoms with E-state index in [1.165, 1.54) is 133 Å². The van der Waals surface area contributed by atoms with Gasteiger partial charge >= 0.3 is 0 Å². The number of rotatable bonds is 23. The Morgan fingerprint density at radius 1 is 0.448 bits per heavy atom. The van der Waals surface area contributed by atoms with Crippen molar-refractivity contribution < 1.29 is 26.6 Å². The van der Waals surface area contributed by atoms with Crippen molar-refractivity contribution in [1.82, 2.24) is 0 Å². The van der Waals surface area contributed by atoms with Crippen LogP contribution in [0.3, 0.4) is 0 Å². The SMILES string of the molecule is CCCCCCCCCCC[N+](C)(CCCO)CCCCCCCCCCC.[Br-]. The average molecular weight is 479 g/mol. The summed E-state index contributed by atoms with van der Waals surface area (Å²) in [7, 11) is 2.44. The first-order valence-corrected chi connectivity index (χ1v) is 13.1. The van der Waals surface area contributed by atoms with Crippen LogP contribution in [-0.2, 0) is 0 Å². The third kappa shape index (κ3) is 22.9. The van der Waals surface area contributed by atoms with Gasteiger partial charge in [0.25, 0.3) is 0 Å². The van der Waals surface area contributed by atoms with E-state index in [-0.39, 0.29) is 17.0 Å². The fourth-order valence-corrected chi connectivity index (χ4v) is 4.40. The number of aliphatic hydroxyl groups excluding tert-OH is 1. The standard InChI is InChI=1S/C26H56NO.BrH/c1-4-6-8-10-12-14-16-18-20-23-27(3,25-22-26-28)24-21-19-17-15-13-11-9-7-5-2;/h28H,4-26H2,1-3H3;1H/q+1;/p-1. The van der Waals surface area contributed by atoms with E-state index in [0.29, 0.717) is 6.61 Å².